The van der Waals surface area contributed by atoms with Crippen molar-refractivity contribution < 1.29 is 19.1 Å². The van der Waals surface area contributed by atoms with Crippen molar-refractivity contribution in [3.05, 3.63) is 56.6 Å². The predicted molar refractivity (Wildman–Crippen MR) is 96.1 cm³/mol. The number of hydrogen-bond acceptors (Lipinski definition) is 4. The molecule has 1 heterocycles. The maximum atomic E-state index is 12.1. The molecule has 8 heteroatoms. The summed E-state index contributed by atoms with van der Waals surface area (Å²) in [5, 5.41) is 0.534. The molecule has 1 atom stereocenters. The lowest BCUT2D eigenvalue weighted by atomic mass is 10.2. The van der Waals surface area contributed by atoms with Crippen LogP contribution in [0.4, 0.5) is 0 Å². The van der Waals surface area contributed by atoms with Gasteiger partial charge in [-0.1, -0.05) is 23.7 Å². The van der Waals surface area contributed by atoms with E-state index in [4.69, 9.17) is 21.1 Å². The third-order valence-electron chi connectivity index (χ3n) is 3.28. The fourth-order valence-electron chi connectivity index (χ4n) is 2.09. The summed E-state index contributed by atoms with van der Waals surface area (Å²) >= 11 is 7.85. The number of hydrogen-bond donors (Lipinski definition) is 2. The van der Waals surface area contributed by atoms with Crippen molar-refractivity contribution in [2.75, 3.05) is 6.61 Å². The smallest absolute Gasteiger partial charge is 0.283 e. The molecule has 0 fully saturated rings. The van der Waals surface area contributed by atoms with Crippen LogP contribution in [0.15, 0.2) is 42.5 Å². The Morgan fingerprint density at radius 1 is 1.12 bits per heavy atom. The van der Waals surface area contributed by atoms with Crippen molar-refractivity contribution in [3.8, 4) is 11.5 Å². The molecule has 1 aliphatic rings. The molecule has 0 radical (unpaired) electrons. The highest BCUT2D eigenvalue weighted by atomic mass is 127. The molecule has 2 N–H and O–H groups in total. The first-order chi connectivity index (χ1) is 11.5. The van der Waals surface area contributed by atoms with Gasteiger partial charge in [0.05, 0.1) is 5.56 Å². The lowest BCUT2D eigenvalue weighted by molar-refractivity contribution is -0.131. The number of halogens is 2. The summed E-state index contributed by atoms with van der Waals surface area (Å²) in [6.45, 7) is 0.0667. The molecule has 0 bridgehead atoms. The number of amides is 2. The van der Waals surface area contributed by atoms with E-state index in [1.54, 1.807) is 36.4 Å². The summed E-state index contributed by atoms with van der Waals surface area (Å²) in [4.78, 5) is 24.2. The number of rotatable bonds is 2. The standard InChI is InChI=1S/C16H12ClIN2O4/c17-9-5-6-10(11(18)7-9)15(21)19-20-16(22)14-8-23-12-3-1-2-4-13(12)24-14/h1-7,14H,8H2,(H,19,21)(H,20,22). The van der Waals surface area contributed by atoms with Gasteiger partial charge < -0.3 is 9.47 Å². The maximum Gasteiger partial charge on any atom is 0.283 e. The van der Waals surface area contributed by atoms with Crippen molar-refractivity contribution in [3.63, 3.8) is 0 Å². The molecule has 6 nitrogen and oxygen atoms in total. The van der Waals surface area contributed by atoms with E-state index in [1.165, 1.54) is 0 Å². The summed E-state index contributed by atoms with van der Waals surface area (Å²) in [7, 11) is 0. The third-order valence-corrected chi connectivity index (χ3v) is 4.40. The first-order valence-electron chi connectivity index (χ1n) is 6.98. The van der Waals surface area contributed by atoms with Gasteiger partial charge in [0.2, 0.25) is 6.10 Å². The molecule has 0 aliphatic carbocycles. The Labute approximate surface area is 156 Å². The van der Waals surface area contributed by atoms with E-state index in [9.17, 15) is 9.59 Å². The zero-order valence-electron chi connectivity index (χ0n) is 12.2. The Morgan fingerprint density at radius 3 is 2.62 bits per heavy atom. The van der Waals surface area contributed by atoms with Crippen LogP contribution < -0.4 is 20.3 Å². The van der Waals surface area contributed by atoms with E-state index < -0.39 is 17.9 Å². The minimum absolute atomic E-state index is 0.0667. The number of fused-ring (bicyclic) bond motifs is 1. The van der Waals surface area contributed by atoms with E-state index in [2.05, 4.69) is 10.9 Å². The molecule has 2 aromatic rings. The minimum atomic E-state index is -0.843. The summed E-state index contributed by atoms with van der Waals surface area (Å²) < 4.78 is 11.7. The number of nitrogens with one attached hydrogen (secondary N) is 2. The van der Waals surface area contributed by atoms with Crippen molar-refractivity contribution in [2.45, 2.75) is 6.10 Å². The zero-order valence-corrected chi connectivity index (χ0v) is 15.1. The summed E-state index contributed by atoms with van der Waals surface area (Å²) in [6.07, 6.45) is -0.843. The van der Waals surface area contributed by atoms with Gasteiger partial charge in [-0.3, -0.25) is 20.4 Å². The van der Waals surface area contributed by atoms with Crippen LogP contribution in [0.3, 0.4) is 0 Å². The van der Waals surface area contributed by atoms with E-state index in [0.717, 1.165) is 0 Å². The van der Waals surface area contributed by atoms with Crippen LogP contribution in [0.5, 0.6) is 11.5 Å². The van der Waals surface area contributed by atoms with E-state index >= 15 is 0 Å². The zero-order chi connectivity index (χ0) is 17.1. The Balaban J connectivity index is 1.59. The second kappa shape index (κ2) is 7.27. The van der Waals surface area contributed by atoms with Gasteiger partial charge in [0.15, 0.2) is 11.5 Å². The molecule has 0 aromatic heterocycles. The quantitative estimate of drug-likeness (QED) is 0.536. The number of para-hydroxylation sites is 2. The molecule has 0 saturated carbocycles. The van der Waals surface area contributed by atoms with Crippen molar-refractivity contribution >= 4 is 46.0 Å². The van der Waals surface area contributed by atoms with Crippen LogP contribution in [-0.4, -0.2) is 24.5 Å². The largest absolute Gasteiger partial charge is 0.485 e. The van der Waals surface area contributed by atoms with Gasteiger partial charge in [-0.25, -0.2) is 0 Å². The maximum absolute atomic E-state index is 12.1. The van der Waals surface area contributed by atoms with E-state index in [-0.39, 0.29) is 6.61 Å². The van der Waals surface area contributed by atoms with Crippen LogP contribution >= 0.6 is 34.2 Å². The monoisotopic (exact) mass is 458 g/mol. The highest BCUT2D eigenvalue weighted by Crippen LogP contribution is 2.30. The van der Waals surface area contributed by atoms with Gasteiger partial charge in [-0.2, -0.15) is 0 Å². The first kappa shape index (κ1) is 16.8. The van der Waals surface area contributed by atoms with Gasteiger partial charge in [0.1, 0.15) is 6.61 Å². The highest BCUT2D eigenvalue weighted by molar-refractivity contribution is 14.1. The number of hydrazine groups is 1. The Bertz CT molecular complexity index is 799. The molecule has 124 valence electrons. The summed E-state index contributed by atoms with van der Waals surface area (Å²) in [6, 6.07) is 11.9. The van der Waals surface area contributed by atoms with Crippen molar-refractivity contribution in [2.24, 2.45) is 0 Å². The van der Waals surface area contributed by atoms with E-state index in [0.29, 0.717) is 25.7 Å². The predicted octanol–water partition coefficient (Wildman–Crippen LogP) is 2.55. The Kier molecular flexibility index (Phi) is 5.10. The normalized spacial score (nSPS) is 15.5. The molecule has 2 aromatic carbocycles. The molecule has 1 unspecified atom stereocenters. The van der Waals surface area contributed by atoms with Crippen molar-refractivity contribution in [1.29, 1.82) is 0 Å². The van der Waals surface area contributed by atoms with Gasteiger partial charge in [0, 0.05) is 8.59 Å². The Morgan fingerprint density at radius 2 is 1.88 bits per heavy atom. The van der Waals surface area contributed by atoms with Gasteiger partial charge >= 0.3 is 0 Å². The molecular formula is C16H12ClIN2O4. The van der Waals surface area contributed by atoms with Crippen LogP contribution in [0.25, 0.3) is 0 Å². The molecular weight excluding hydrogens is 447 g/mol. The average Bonchev–Trinajstić information content (AvgIpc) is 2.59. The molecule has 2 amide bonds. The molecule has 0 spiro atoms. The fourth-order valence-corrected chi connectivity index (χ4v) is 3.20. The first-order valence-corrected chi connectivity index (χ1v) is 8.44. The second-order valence-electron chi connectivity index (χ2n) is 4.93. The van der Waals surface area contributed by atoms with Crippen molar-refractivity contribution in [1.82, 2.24) is 10.9 Å². The summed E-state index contributed by atoms with van der Waals surface area (Å²) in [5.74, 6) is 0.132. The third kappa shape index (κ3) is 3.73. The average molecular weight is 459 g/mol. The Hall–Kier alpha value is -2.00. The van der Waals surface area contributed by atoms with Gasteiger partial charge in [-0.05, 0) is 52.9 Å². The van der Waals surface area contributed by atoms with Crippen LogP contribution in [0.1, 0.15) is 10.4 Å². The topological polar surface area (TPSA) is 76.7 Å². The number of ether oxygens (including phenoxy) is 2. The van der Waals surface area contributed by atoms with E-state index in [1.807, 2.05) is 28.7 Å². The van der Waals surface area contributed by atoms with Crippen LogP contribution in [0, 0.1) is 3.57 Å². The lowest BCUT2D eigenvalue weighted by Crippen LogP contribution is -2.50. The molecule has 24 heavy (non-hydrogen) atoms. The number of carbonyl (C=O) groups is 2. The van der Waals surface area contributed by atoms with Gasteiger partial charge in [-0.15, -0.1) is 0 Å². The van der Waals surface area contributed by atoms with Gasteiger partial charge in [0.25, 0.3) is 11.8 Å². The highest BCUT2D eigenvalue weighted by Gasteiger charge is 2.27. The molecule has 0 saturated heterocycles. The van der Waals surface area contributed by atoms with Crippen LogP contribution in [-0.2, 0) is 4.79 Å². The number of benzene rings is 2. The molecule has 1 aliphatic heterocycles. The fraction of sp³-hybridized carbons (Fsp3) is 0.125. The van der Waals surface area contributed by atoms with Crippen LogP contribution in [0.2, 0.25) is 5.02 Å². The summed E-state index contributed by atoms with van der Waals surface area (Å²) in [5.41, 5.74) is 5.11. The second-order valence-corrected chi connectivity index (χ2v) is 6.53. The minimum Gasteiger partial charge on any atom is -0.485 e. The number of carbonyl (C=O) groups excluding carboxylic acids is 2. The SMILES string of the molecule is O=C(NNC(=O)C1COc2ccccc2O1)c1ccc(Cl)cc1I. The molecule has 3 rings (SSSR count). The lowest BCUT2D eigenvalue weighted by Gasteiger charge is -2.25.